The summed E-state index contributed by atoms with van der Waals surface area (Å²) in [5.41, 5.74) is 5.16. The molecule has 0 spiro atoms. The average molecular weight is 414 g/mol. The molecule has 0 aliphatic heterocycles. The summed E-state index contributed by atoms with van der Waals surface area (Å²) in [5, 5.41) is 14.3. The number of carbonyl (C=O) groups excluding carboxylic acids is 1. The molecule has 0 aliphatic rings. The lowest BCUT2D eigenvalue weighted by atomic mass is 10.1. The van der Waals surface area contributed by atoms with Crippen LogP contribution < -0.4 is 14.9 Å². The van der Waals surface area contributed by atoms with Gasteiger partial charge in [0.25, 0.3) is 5.91 Å². The molecule has 0 atom stereocenters. The SMILES string of the molecule is COc1ccc(C=NNC(=O)c2cc(-c3ccc(Cl)cc3OC)cn2C)cc1O. The van der Waals surface area contributed by atoms with Crippen LogP contribution in [-0.2, 0) is 7.05 Å². The number of nitrogens with zero attached hydrogens (tertiary/aromatic N) is 2. The molecule has 0 aliphatic carbocycles. The molecule has 150 valence electrons. The van der Waals surface area contributed by atoms with Crippen molar-refractivity contribution >= 4 is 23.7 Å². The van der Waals surface area contributed by atoms with Crippen LogP contribution in [0.1, 0.15) is 16.1 Å². The normalized spacial score (nSPS) is 10.9. The van der Waals surface area contributed by atoms with Crippen LogP contribution in [0.3, 0.4) is 0 Å². The fourth-order valence-electron chi connectivity index (χ4n) is 2.85. The van der Waals surface area contributed by atoms with Crippen molar-refractivity contribution in [2.45, 2.75) is 0 Å². The third kappa shape index (κ3) is 4.52. The third-order valence-corrected chi connectivity index (χ3v) is 4.53. The van der Waals surface area contributed by atoms with Gasteiger partial charge >= 0.3 is 0 Å². The number of nitrogens with one attached hydrogen (secondary N) is 1. The first-order valence-electron chi connectivity index (χ1n) is 8.63. The highest BCUT2D eigenvalue weighted by Gasteiger charge is 2.15. The molecule has 0 radical (unpaired) electrons. The molecule has 29 heavy (non-hydrogen) atoms. The quantitative estimate of drug-likeness (QED) is 0.475. The molecule has 8 heteroatoms. The molecule has 7 nitrogen and oxygen atoms in total. The Morgan fingerprint density at radius 2 is 1.90 bits per heavy atom. The highest BCUT2D eigenvalue weighted by atomic mass is 35.5. The zero-order chi connectivity index (χ0) is 21.0. The lowest BCUT2D eigenvalue weighted by Gasteiger charge is -2.06. The summed E-state index contributed by atoms with van der Waals surface area (Å²) in [6, 6.07) is 11.9. The van der Waals surface area contributed by atoms with Crippen molar-refractivity contribution in [3.05, 3.63) is 64.9 Å². The molecule has 3 rings (SSSR count). The lowest BCUT2D eigenvalue weighted by molar-refractivity contribution is 0.0947. The molecule has 0 bridgehead atoms. The summed E-state index contributed by atoms with van der Waals surface area (Å²) in [5.74, 6) is 0.597. The van der Waals surface area contributed by atoms with E-state index in [1.165, 1.54) is 19.4 Å². The standard InChI is InChI=1S/C21H20ClN3O4/c1-25-12-14(16-6-5-15(22)10-20(16)29-3)9-17(25)21(27)24-23-11-13-4-7-19(28-2)18(26)8-13/h4-12,26H,1-3H3,(H,24,27). The number of amides is 1. The smallest absolute Gasteiger partial charge is 0.287 e. The van der Waals surface area contributed by atoms with Crippen LogP contribution in [0.15, 0.2) is 53.8 Å². The number of hydrogen-bond acceptors (Lipinski definition) is 5. The molecule has 2 aromatic carbocycles. The molecule has 1 aromatic heterocycles. The number of aromatic nitrogens is 1. The number of ether oxygens (including phenoxy) is 2. The minimum absolute atomic E-state index is 0.00763. The number of hydrogen-bond donors (Lipinski definition) is 2. The summed E-state index contributed by atoms with van der Waals surface area (Å²) in [7, 11) is 4.81. The van der Waals surface area contributed by atoms with E-state index < -0.39 is 0 Å². The van der Waals surface area contributed by atoms with Crippen LogP contribution in [0.4, 0.5) is 0 Å². The third-order valence-electron chi connectivity index (χ3n) is 4.29. The summed E-state index contributed by atoms with van der Waals surface area (Å²) >= 11 is 6.02. The number of rotatable bonds is 6. The van der Waals surface area contributed by atoms with Crippen molar-refractivity contribution in [3.63, 3.8) is 0 Å². The minimum atomic E-state index is -0.374. The number of methoxy groups -OCH3 is 2. The molecule has 0 fully saturated rings. The molecule has 0 unspecified atom stereocenters. The van der Waals surface area contributed by atoms with Gasteiger partial charge in [-0.25, -0.2) is 5.43 Å². The first-order valence-corrected chi connectivity index (χ1v) is 9.01. The first kappa shape index (κ1) is 20.3. The number of phenolic OH excluding ortho intramolecular Hbond substituents is 1. The van der Waals surface area contributed by atoms with Crippen molar-refractivity contribution in [1.82, 2.24) is 9.99 Å². The van der Waals surface area contributed by atoms with Crippen molar-refractivity contribution < 1.29 is 19.4 Å². The number of benzene rings is 2. The monoisotopic (exact) mass is 413 g/mol. The van der Waals surface area contributed by atoms with Gasteiger partial charge in [0.2, 0.25) is 0 Å². The Morgan fingerprint density at radius 1 is 1.14 bits per heavy atom. The van der Waals surface area contributed by atoms with Crippen molar-refractivity contribution in [1.29, 1.82) is 0 Å². The lowest BCUT2D eigenvalue weighted by Crippen LogP contribution is -2.20. The molecular weight excluding hydrogens is 394 g/mol. The van der Waals surface area contributed by atoms with E-state index in [9.17, 15) is 9.90 Å². The first-order chi connectivity index (χ1) is 13.9. The van der Waals surface area contributed by atoms with Crippen LogP contribution in [0, 0.1) is 0 Å². The number of carbonyl (C=O) groups is 1. The number of aryl methyl sites for hydroxylation is 1. The van der Waals surface area contributed by atoms with Gasteiger partial charge in [-0.15, -0.1) is 0 Å². The predicted octanol–water partition coefficient (Wildman–Crippen LogP) is 3.83. The van der Waals surface area contributed by atoms with Crippen LogP contribution >= 0.6 is 11.6 Å². The van der Waals surface area contributed by atoms with Crippen molar-refractivity contribution in [2.24, 2.45) is 12.1 Å². The maximum absolute atomic E-state index is 12.5. The van der Waals surface area contributed by atoms with Gasteiger partial charge in [-0.2, -0.15) is 5.10 Å². The molecule has 1 heterocycles. The Bertz CT molecular complexity index is 1080. The summed E-state index contributed by atoms with van der Waals surface area (Å²) in [6.07, 6.45) is 3.26. The van der Waals surface area contributed by atoms with Crippen molar-refractivity contribution in [2.75, 3.05) is 14.2 Å². The van der Waals surface area contributed by atoms with Gasteiger partial charge < -0.3 is 19.1 Å². The largest absolute Gasteiger partial charge is 0.504 e. The number of hydrazone groups is 1. The second kappa shape index (κ2) is 8.70. The second-order valence-corrected chi connectivity index (χ2v) is 6.64. The topological polar surface area (TPSA) is 85.1 Å². The molecule has 0 saturated heterocycles. The van der Waals surface area contributed by atoms with E-state index >= 15 is 0 Å². The highest BCUT2D eigenvalue weighted by Crippen LogP contribution is 2.33. The van der Waals surface area contributed by atoms with E-state index in [4.69, 9.17) is 21.1 Å². The van der Waals surface area contributed by atoms with E-state index in [1.54, 1.807) is 49.1 Å². The fourth-order valence-corrected chi connectivity index (χ4v) is 3.01. The van der Waals surface area contributed by atoms with E-state index in [2.05, 4.69) is 10.5 Å². The van der Waals surface area contributed by atoms with Gasteiger partial charge in [0.15, 0.2) is 11.5 Å². The molecule has 0 saturated carbocycles. The number of phenols is 1. The highest BCUT2D eigenvalue weighted by molar-refractivity contribution is 6.30. The van der Waals surface area contributed by atoms with Gasteiger partial charge in [-0.1, -0.05) is 11.6 Å². The van der Waals surface area contributed by atoms with Gasteiger partial charge in [0.05, 0.1) is 20.4 Å². The minimum Gasteiger partial charge on any atom is -0.504 e. The maximum Gasteiger partial charge on any atom is 0.287 e. The van der Waals surface area contributed by atoms with Gasteiger partial charge in [-0.05, 0) is 48.0 Å². The van der Waals surface area contributed by atoms with Crippen LogP contribution in [0.2, 0.25) is 5.02 Å². The van der Waals surface area contributed by atoms with Crippen LogP contribution in [0.5, 0.6) is 17.2 Å². The van der Waals surface area contributed by atoms with Crippen LogP contribution in [0.25, 0.3) is 11.1 Å². The van der Waals surface area contributed by atoms with Gasteiger partial charge in [0.1, 0.15) is 11.4 Å². The maximum atomic E-state index is 12.5. The Morgan fingerprint density at radius 3 is 2.59 bits per heavy atom. The van der Waals surface area contributed by atoms with E-state index in [0.29, 0.717) is 27.8 Å². The Labute approximate surface area is 173 Å². The fraction of sp³-hybridized carbons (Fsp3) is 0.143. The molecular formula is C21H20ClN3O4. The van der Waals surface area contributed by atoms with E-state index in [1.807, 2.05) is 12.3 Å². The second-order valence-electron chi connectivity index (χ2n) is 6.20. The Hall–Kier alpha value is -3.45. The summed E-state index contributed by atoms with van der Waals surface area (Å²) in [4.78, 5) is 12.5. The van der Waals surface area contributed by atoms with E-state index in [-0.39, 0.29) is 11.7 Å². The number of halogens is 1. The summed E-state index contributed by atoms with van der Waals surface area (Å²) < 4.78 is 12.1. The molecule has 3 aromatic rings. The predicted molar refractivity (Wildman–Crippen MR) is 112 cm³/mol. The Kier molecular flexibility index (Phi) is 6.09. The number of aromatic hydroxyl groups is 1. The summed E-state index contributed by atoms with van der Waals surface area (Å²) in [6.45, 7) is 0. The zero-order valence-electron chi connectivity index (χ0n) is 16.1. The van der Waals surface area contributed by atoms with Gasteiger partial charge in [0, 0.05) is 29.4 Å². The average Bonchev–Trinajstić information content (AvgIpc) is 3.09. The van der Waals surface area contributed by atoms with Gasteiger partial charge in [-0.3, -0.25) is 4.79 Å². The molecule has 1 amide bonds. The zero-order valence-corrected chi connectivity index (χ0v) is 16.9. The van der Waals surface area contributed by atoms with E-state index in [0.717, 1.165) is 11.1 Å². The van der Waals surface area contributed by atoms with Crippen LogP contribution in [-0.4, -0.2) is 36.0 Å². The van der Waals surface area contributed by atoms with Crippen molar-refractivity contribution in [3.8, 4) is 28.4 Å². The Balaban J connectivity index is 1.76. The molecule has 2 N–H and O–H groups in total.